The molecule has 0 heterocycles. The van der Waals surface area contributed by atoms with E-state index in [4.69, 9.17) is 4.43 Å². The third-order valence-electron chi connectivity index (χ3n) is 2.58. The summed E-state index contributed by atoms with van der Waals surface area (Å²) in [7, 11) is -1.34. The van der Waals surface area contributed by atoms with Crippen LogP contribution < -0.4 is 0 Å². The quantitative estimate of drug-likeness (QED) is 0.221. The molecule has 0 saturated carbocycles. The van der Waals surface area contributed by atoms with Gasteiger partial charge in [0.1, 0.15) is 0 Å². The molecule has 0 aromatic carbocycles. The molecule has 0 saturated heterocycles. The first-order valence-electron chi connectivity index (χ1n) is 6.73. The maximum atomic E-state index is 6.22. The third-order valence-corrected chi connectivity index (χ3v) is 4.24. The van der Waals surface area contributed by atoms with Crippen LogP contribution in [-0.2, 0) is 4.43 Å². The van der Waals surface area contributed by atoms with Crippen LogP contribution in [0.5, 0.6) is 0 Å². The molecule has 0 N–H and O–H groups in total. The summed E-state index contributed by atoms with van der Waals surface area (Å²) < 4.78 is 7.44. The van der Waals surface area contributed by atoms with Crippen LogP contribution >= 0.6 is 22.6 Å². The fraction of sp³-hybridized carbons (Fsp3) is 1.00. The van der Waals surface area contributed by atoms with E-state index >= 15 is 0 Å². The van der Waals surface area contributed by atoms with E-state index in [9.17, 15) is 0 Å². The summed E-state index contributed by atoms with van der Waals surface area (Å²) >= 11 is 2.46. The van der Waals surface area contributed by atoms with Gasteiger partial charge in [-0.15, -0.1) is 0 Å². The van der Waals surface area contributed by atoms with Crippen molar-refractivity contribution >= 4 is 30.9 Å². The second kappa shape index (κ2) is 9.89. The Morgan fingerprint density at radius 1 is 1.00 bits per heavy atom. The zero-order valence-corrected chi connectivity index (χ0v) is 14.7. The molecule has 0 spiro atoms. The highest BCUT2D eigenvalue weighted by Crippen LogP contribution is 2.17. The third kappa shape index (κ3) is 11.4. The van der Waals surface area contributed by atoms with Crippen LogP contribution in [0.2, 0.25) is 19.6 Å². The molecule has 0 aromatic heterocycles. The summed E-state index contributed by atoms with van der Waals surface area (Å²) in [5.41, 5.74) is 0. The van der Waals surface area contributed by atoms with E-state index in [0.29, 0.717) is 6.10 Å². The molecule has 3 heteroatoms. The van der Waals surface area contributed by atoms with Gasteiger partial charge in [0.2, 0.25) is 0 Å². The average Bonchev–Trinajstić information content (AvgIpc) is 2.15. The molecule has 1 nitrogen and oxygen atoms in total. The van der Waals surface area contributed by atoms with Crippen LogP contribution in [0.25, 0.3) is 0 Å². The summed E-state index contributed by atoms with van der Waals surface area (Å²) in [4.78, 5) is 0. The first-order chi connectivity index (χ1) is 7.49. The van der Waals surface area contributed by atoms with Crippen molar-refractivity contribution in [3.05, 3.63) is 0 Å². The van der Waals surface area contributed by atoms with Crippen LogP contribution in [-0.4, -0.2) is 18.8 Å². The second-order valence-electron chi connectivity index (χ2n) is 5.53. The van der Waals surface area contributed by atoms with Crippen molar-refractivity contribution in [2.75, 3.05) is 4.43 Å². The van der Waals surface area contributed by atoms with E-state index in [0.717, 1.165) is 0 Å². The molecule has 0 aliphatic rings. The Balaban J connectivity index is 3.68. The molecule has 0 radical (unpaired) electrons. The Morgan fingerprint density at radius 2 is 1.62 bits per heavy atom. The zero-order chi connectivity index (χ0) is 12.4. The monoisotopic (exact) mass is 356 g/mol. The molecule has 1 atom stereocenters. The lowest BCUT2D eigenvalue weighted by atomic mass is 10.1. The Hall–Kier alpha value is 0.907. The van der Waals surface area contributed by atoms with Crippen LogP contribution in [0.3, 0.4) is 0 Å². The Labute approximate surface area is 117 Å². The Morgan fingerprint density at radius 3 is 2.12 bits per heavy atom. The molecule has 16 heavy (non-hydrogen) atoms. The molecule has 0 aliphatic carbocycles. The number of halogens is 1. The van der Waals surface area contributed by atoms with Crippen LogP contribution in [0.15, 0.2) is 0 Å². The molecule has 0 aliphatic heterocycles. The number of unbranched alkanes of at least 4 members (excludes halogenated alkanes) is 4. The molecule has 0 fully saturated rings. The second-order valence-corrected chi connectivity index (χ2v) is 11.1. The molecule has 0 amide bonds. The first kappa shape index (κ1) is 16.9. The summed E-state index contributed by atoms with van der Waals surface area (Å²) in [6, 6.07) is 0. The highest BCUT2D eigenvalue weighted by atomic mass is 127. The van der Waals surface area contributed by atoms with E-state index in [-0.39, 0.29) is 0 Å². The summed E-state index contributed by atoms with van der Waals surface area (Å²) in [5.74, 6) is 0. The Kier molecular flexibility index (Phi) is 10.4. The maximum Gasteiger partial charge on any atom is 0.184 e. The molecule has 0 aromatic rings. The fourth-order valence-electron chi connectivity index (χ4n) is 1.86. The van der Waals surface area contributed by atoms with Crippen molar-refractivity contribution in [1.82, 2.24) is 0 Å². The van der Waals surface area contributed by atoms with Crippen LogP contribution in [0, 0.1) is 0 Å². The highest BCUT2D eigenvalue weighted by molar-refractivity contribution is 14.1. The van der Waals surface area contributed by atoms with Crippen molar-refractivity contribution in [1.29, 1.82) is 0 Å². The van der Waals surface area contributed by atoms with Gasteiger partial charge in [-0.3, -0.25) is 0 Å². The normalized spacial score (nSPS) is 14.1. The maximum absolute atomic E-state index is 6.22. The predicted molar refractivity (Wildman–Crippen MR) is 85.1 cm³/mol. The summed E-state index contributed by atoms with van der Waals surface area (Å²) in [6.07, 6.45) is 9.92. The van der Waals surface area contributed by atoms with Crippen LogP contribution in [0.1, 0.15) is 51.9 Å². The van der Waals surface area contributed by atoms with Gasteiger partial charge >= 0.3 is 0 Å². The topological polar surface area (TPSA) is 9.23 Å². The minimum atomic E-state index is -1.34. The predicted octanol–water partition coefficient (Wildman–Crippen LogP) is 5.39. The van der Waals surface area contributed by atoms with Gasteiger partial charge in [0.05, 0.1) is 0 Å². The van der Waals surface area contributed by atoms with Gasteiger partial charge in [-0.1, -0.05) is 61.6 Å². The Bertz CT molecular complexity index is 157. The van der Waals surface area contributed by atoms with Crippen molar-refractivity contribution in [3.8, 4) is 0 Å². The lowest BCUT2D eigenvalue weighted by Crippen LogP contribution is -2.32. The molecule has 0 bridgehead atoms. The highest BCUT2D eigenvalue weighted by Gasteiger charge is 2.20. The molecule has 98 valence electrons. The number of rotatable bonds is 10. The van der Waals surface area contributed by atoms with Gasteiger partial charge in [0, 0.05) is 10.5 Å². The van der Waals surface area contributed by atoms with E-state index in [1.54, 1.807) is 0 Å². The molecule has 0 unspecified atom stereocenters. The minimum absolute atomic E-state index is 0.533. The van der Waals surface area contributed by atoms with Crippen molar-refractivity contribution in [2.24, 2.45) is 0 Å². The number of hydrogen-bond acceptors (Lipinski definition) is 1. The van der Waals surface area contributed by atoms with Crippen LogP contribution in [0.4, 0.5) is 0 Å². The fourth-order valence-corrected chi connectivity index (χ4v) is 3.79. The average molecular weight is 356 g/mol. The van der Waals surface area contributed by atoms with Gasteiger partial charge < -0.3 is 4.43 Å². The van der Waals surface area contributed by atoms with Gasteiger partial charge in [-0.25, -0.2) is 0 Å². The van der Waals surface area contributed by atoms with Crippen molar-refractivity contribution < 1.29 is 4.43 Å². The van der Waals surface area contributed by atoms with E-state index in [2.05, 4.69) is 49.2 Å². The molecular formula is C13H29IOSi. The van der Waals surface area contributed by atoms with E-state index in [1.807, 2.05) is 0 Å². The zero-order valence-electron chi connectivity index (χ0n) is 11.5. The number of alkyl halides is 1. The summed E-state index contributed by atoms with van der Waals surface area (Å²) in [5, 5.41) is 0. The summed E-state index contributed by atoms with van der Waals surface area (Å²) in [6.45, 7) is 9.16. The van der Waals surface area contributed by atoms with Gasteiger partial charge in [-0.2, -0.15) is 0 Å². The van der Waals surface area contributed by atoms with Gasteiger partial charge in [0.15, 0.2) is 8.32 Å². The van der Waals surface area contributed by atoms with Crippen molar-refractivity contribution in [2.45, 2.75) is 77.6 Å². The minimum Gasteiger partial charge on any atom is -0.415 e. The first-order valence-corrected chi connectivity index (χ1v) is 11.7. The molecular weight excluding hydrogens is 327 g/mol. The van der Waals surface area contributed by atoms with E-state index < -0.39 is 8.32 Å². The van der Waals surface area contributed by atoms with Crippen molar-refractivity contribution in [3.63, 3.8) is 0 Å². The van der Waals surface area contributed by atoms with Gasteiger partial charge in [-0.05, 0) is 32.5 Å². The van der Waals surface area contributed by atoms with Gasteiger partial charge in [0.25, 0.3) is 0 Å². The number of hydrogen-bond donors (Lipinski definition) is 0. The van der Waals surface area contributed by atoms with E-state index in [1.165, 1.54) is 49.4 Å². The molecule has 0 rings (SSSR count). The largest absolute Gasteiger partial charge is 0.415 e. The smallest absolute Gasteiger partial charge is 0.184 e. The SMILES string of the molecule is CCCCCCC[C@H](CCI)O[Si](C)(C)C. The standard InChI is InChI=1S/C13H29IOSi/c1-5-6-7-8-9-10-13(11-12-14)15-16(2,3)4/h13H,5-12H2,1-4H3/t13-/m1/s1. The lowest BCUT2D eigenvalue weighted by Gasteiger charge is -2.26. The lowest BCUT2D eigenvalue weighted by molar-refractivity contribution is 0.177.